The topological polar surface area (TPSA) is 29.6 Å². The Morgan fingerprint density at radius 1 is 0.781 bits per heavy atom. The molecule has 2 heteroatoms. The Morgan fingerprint density at radius 2 is 1.47 bits per heavy atom. The van der Waals surface area contributed by atoms with E-state index in [4.69, 9.17) is 4.74 Å². The number of hydrogen-bond acceptors (Lipinski definition) is 2. The molecule has 1 saturated heterocycles. The summed E-state index contributed by atoms with van der Waals surface area (Å²) in [5.74, 6) is 2.45. The number of fused-ring (bicyclic) bond motifs is 5. The van der Waals surface area contributed by atoms with Gasteiger partial charge < -0.3 is 4.74 Å². The summed E-state index contributed by atoms with van der Waals surface area (Å²) < 4.78 is 7.09. The van der Waals surface area contributed by atoms with Crippen LogP contribution in [0.15, 0.2) is 0 Å². The first-order chi connectivity index (χ1) is 14.7. The average molecular weight is 441 g/mol. The fraction of sp³-hybridized carbons (Fsp3) is 0.967. The summed E-state index contributed by atoms with van der Waals surface area (Å²) in [6.45, 7) is 20.1. The van der Waals surface area contributed by atoms with Crippen LogP contribution in [0.1, 0.15) is 120 Å². The van der Waals surface area contributed by atoms with E-state index < -0.39 is 0 Å². The summed E-state index contributed by atoms with van der Waals surface area (Å²) in [4.78, 5) is 12.9. The summed E-state index contributed by atoms with van der Waals surface area (Å²) in [7, 11) is 0. The van der Waals surface area contributed by atoms with Gasteiger partial charge in [-0.3, -0.25) is 4.79 Å². The highest BCUT2D eigenvalue weighted by Crippen LogP contribution is 2.82. The fourth-order valence-electron chi connectivity index (χ4n) is 11.5. The van der Waals surface area contributed by atoms with Crippen LogP contribution < -0.4 is 0 Å². The third kappa shape index (κ3) is 2.26. The van der Waals surface area contributed by atoms with Gasteiger partial charge >= 0.3 is 0 Å². The third-order valence-corrected chi connectivity index (χ3v) is 13.8. The first-order valence-corrected chi connectivity index (χ1v) is 13.9. The van der Waals surface area contributed by atoms with Crippen molar-refractivity contribution in [3.05, 3.63) is 0 Å². The quantitative estimate of drug-likeness (QED) is 0.363. The molecule has 1 aliphatic heterocycles. The van der Waals surface area contributed by atoms with Crippen molar-refractivity contribution in [3.63, 3.8) is 0 Å². The molecule has 0 N–H and O–H groups in total. The molecule has 5 aliphatic carbocycles. The van der Waals surface area contributed by atoms with Crippen molar-refractivity contribution >= 4 is 5.78 Å². The van der Waals surface area contributed by atoms with Gasteiger partial charge in [0.25, 0.3) is 0 Å². The number of carbonyl (C=O) groups excluding carboxylic acids is 1. The monoisotopic (exact) mass is 440 g/mol. The van der Waals surface area contributed by atoms with Crippen LogP contribution in [0.2, 0.25) is 0 Å². The molecule has 5 saturated carbocycles. The third-order valence-electron chi connectivity index (χ3n) is 13.8. The smallest absolute Gasteiger partial charge is 0.138 e. The van der Waals surface area contributed by atoms with Gasteiger partial charge in [0.1, 0.15) is 11.4 Å². The van der Waals surface area contributed by atoms with Gasteiger partial charge in [0, 0.05) is 17.3 Å². The number of hydrogen-bond donors (Lipinski definition) is 0. The van der Waals surface area contributed by atoms with Crippen LogP contribution in [-0.4, -0.2) is 17.5 Å². The number of ketones is 1. The summed E-state index contributed by atoms with van der Waals surface area (Å²) in [6.07, 6.45) is 12.9. The molecule has 6 aliphatic rings. The Kier molecular flexibility index (Phi) is 4.06. The lowest BCUT2D eigenvalue weighted by atomic mass is 9.31. The molecular formula is C30H48O2. The molecule has 6 rings (SSSR count). The molecule has 0 amide bonds. The molecule has 1 spiro atoms. The summed E-state index contributed by atoms with van der Waals surface area (Å²) in [5.41, 5.74) is 1.74. The van der Waals surface area contributed by atoms with E-state index in [-0.39, 0.29) is 21.8 Å². The maximum absolute atomic E-state index is 12.9. The second kappa shape index (κ2) is 5.88. The van der Waals surface area contributed by atoms with Crippen LogP contribution in [0.25, 0.3) is 0 Å². The van der Waals surface area contributed by atoms with Gasteiger partial charge in [0.15, 0.2) is 0 Å². The van der Waals surface area contributed by atoms with Crippen LogP contribution in [-0.2, 0) is 9.53 Å². The molecule has 0 bridgehead atoms. The minimum atomic E-state index is -0.160. The molecular weight excluding hydrogens is 392 g/mol. The number of rotatable bonds is 0. The van der Waals surface area contributed by atoms with Crippen LogP contribution in [0, 0.1) is 50.2 Å². The molecule has 2 nitrogen and oxygen atoms in total. The first kappa shape index (κ1) is 22.1. The maximum atomic E-state index is 12.9. The Bertz CT molecular complexity index is 872. The largest absolute Gasteiger partial charge is 0.365 e. The van der Waals surface area contributed by atoms with E-state index in [0.29, 0.717) is 40.0 Å². The van der Waals surface area contributed by atoms with Gasteiger partial charge in [-0.2, -0.15) is 0 Å². The van der Waals surface area contributed by atoms with Gasteiger partial charge in [-0.1, -0.05) is 55.4 Å². The van der Waals surface area contributed by atoms with Gasteiger partial charge in [0.05, 0.1) is 6.10 Å². The lowest BCUT2D eigenvalue weighted by molar-refractivity contribution is -0.229. The Balaban J connectivity index is 1.44. The lowest BCUT2D eigenvalue weighted by Crippen LogP contribution is -2.70. The van der Waals surface area contributed by atoms with Crippen molar-refractivity contribution in [2.45, 2.75) is 131 Å². The molecule has 1 heterocycles. The molecule has 180 valence electrons. The molecule has 0 aromatic carbocycles. The predicted molar refractivity (Wildman–Crippen MR) is 129 cm³/mol. The zero-order valence-electron chi connectivity index (χ0n) is 22.2. The summed E-state index contributed by atoms with van der Waals surface area (Å²) in [5, 5.41) is 0. The van der Waals surface area contributed by atoms with E-state index >= 15 is 0 Å². The van der Waals surface area contributed by atoms with Crippen molar-refractivity contribution in [3.8, 4) is 0 Å². The van der Waals surface area contributed by atoms with Crippen LogP contribution >= 0.6 is 0 Å². The van der Waals surface area contributed by atoms with Gasteiger partial charge in [-0.15, -0.1) is 0 Å². The zero-order valence-corrected chi connectivity index (χ0v) is 22.2. The van der Waals surface area contributed by atoms with E-state index in [1.54, 1.807) is 0 Å². The Hall–Kier alpha value is -0.370. The molecule has 0 aromatic heterocycles. The van der Waals surface area contributed by atoms with Crippen molar-refractivity contribution < 1.29 is 9.53 Å². The van der Waals surface area contributed by atoms with E-state index in [1.165, 1.54) is 51.4 Å². The minimum Gasteiger partial charge on any atom is -0.365 e. The number of epoxide rings is 1. The predicted octanol–water partition coefficient (Wildman–Crippen LogP) is 7.59. The highest BCUT2D eigenvalue weighted by Gasteiger charge is 2.84. The van der Waals surface area contributed by atoms with Crippen molar-refractivity contribution in [1.82, 2.24) is 0 Å². The molecule has 6 fully saturated rings. The standard InChI is InChI=1S/C30H48O2/c1-24(2)13-14-26(5)15-16-29(8)28(7)12-9-19-25(3,4)22(31)10-11-27(19,6)20(28)17-23-30(29,32-23)21(26)18-24/h19-21,23H,9-18H2,1-8H3/t19?,20?,21?,23-,26+,27-,28+,29-,30-/m0/s1. The Labute approximate surface area is 197 Å². The normalized spacial score (nSPS) is 59.7. The van der Waals surface area contributed by atoms with Gasteiger partial charge in [-0.05, 0) is 97.2 Å². The van der Waals surface area contributed by atoms with E-state index in [2.05, 4.69) is 55.4 Å². The van der Waals surface area contributed by atoms with Crippen molar-refractivity contribution in [2.24, 2.45) is 50.2 Å². The van der Waals surface area contributed by atoms with Crippen LogP contribution in [0.5, 0.6) is 0 Å². The molecule has 0 aromatic rings. The summed E-state index contributed by atoms with van der Waals surface area (Å²) >= 11 is 0. The van der Waals surface area contributed by atoms with Gasteiger partial charge in [0.2, 0.25) is 0 Å². The van der Waals surface area contributed by atoms with E-state index in [1.807, 2.05) is 0 Å². The maximum Gasteiger partial charge on any atom is 0.138 e. The van der Waals surface area contributed by atoms with Crippen molar-refractivity contribution in [2.75, 3.05) is 0 Å². The SMILES string of the molecule is CC1(C)CC[C@]2(C)CC[C@@]3(C)[C@]4(C)CCC5C(C)(C)C(=O)CC[C@]5(C)C4C[C@@H]4O[C@@]43C2C1. The highest BCUT2D eigenvalue weighted by molar-refractivity contribution is 5.85. The van der Waals surface area contributed by atoms with E-state index in [0.717, 1.165) is 18.8 Å². The highest BCUT2D eigenvalue weighted by atomic mass is 16.6. The molecule has 32 heavy (non-hydrogen) atoms. The number of carbonyl (C=O) groups is 1. The molecule has 3 unspecified atom stereocenters. The van der Waals surface area contributed by atoms with Crippen LogP contribution in [0.3, 0.4) is 0 Å². The second-order valence-electron chi connectivity index (χ2n) is 15.8. The molecule has 9 atom stereocenters. The molecule has 0 radical (unpaired) electrons. The van der Waals surface area contributed by atoms with E-state index in [9.17, 15) is 4.79 Å². The average Bonchev–Trinajstić information content (AvgIpc) is 3.43. The Morgan fingerprint density at radius 3 is 2.19 bits per heavy atom. The number of Topliss-reactive ketones (excluding diaryl/α,β-unsaturated/α-hetero) is 1. The first-order valence-electron chi connectivity index (χ1n) is 13.9. The minimum absolute atomic E-state index is 0.117. The number of ether oxygens (including phenoxy) is 1. The fourth-order valence-corrected chi connectivity index (χ4v) is 11.5. The lowest BCUT2D eigenvalue weighted by Gasteiger charge is -2.71. The zero-order chi connectivity index (χ0) is 23.2. The van der Waals surface area contributed by atoms with Crippen molar-refractivity contribution in [1.29, 1.82) is 0 Å². The second-order valence-corrected chi connectivity index (χ2v) is 15.8. The summed E-state index contributed by atoms with van der Waals surface area (Å²) in [6, 6.07) is 0. The van der Waals surface area contributed by atoms with Gasteiger partial charge in [-0.25, -0.2) is 0 Å². The van der Waals surface area contributed by atoms with Crippen LogP contribution in [0.4, 0.5) is 0 Å².